The predicted molar refractivity (Wildman–Crippen MR) is 114 cm³/mol. The highest BCUT2D eigenvalue weighted by molar-refractivity contribution is 8.26. The van der Waals surface area contributed by atoms with E-state index in [4.69, 9.17) is 17.0 Å². The van der Waals surface area contributed by atoms with Crippen LogP contribution < -0.4 is 4.74 Å². The highest BCUT2D eigenvalue weighted by Gasteiger charge is 2.41. The van der Waals surface area contributed by atoms with Crippen LogP contribution in [-0.4, -0.2) is 32.8 Å². The summed E-state index contributed by atoms with van der Waals surface area (Å²) in [6.45, 7) is 3.96. The number of aliphatic carboxylic acids is 1. The number of benzene rings is 2. The molecular weight excluding hydrogens is 394 g/mol. The molecule has 2 aromatic rings. The molecule has 0 saturated carbocycles. The third kappa shape index (κ3) is 4.16. The lowest BCUT2D eigenvalue weighted by molar-refractivity contribution is -0.145. The fourth-order valence-corrected chi connectivity index (χ4v) is 4.06. The molecule has 7 heteroatoms. The van der Waals surface area contributed by atoms with Gasteiger partial charge in [-0.15, -0.1) is 0 Å². The molecule has 0 radical (unpaired) electrons. The summed E-state index contributed by atoms with van der Waals surface area (Å²) in [5.74, 6) is -0.978. The minimum atomic E-state index is -1.17. The number of hydrogen-bond acceptors (Lipinski definition) is 5. The number of carboxylic acids is 1. The smallest absolute Gasteiger partial charge is 0.331 e. The van der Waals surface area contributed by atoms with Crippen LogP contribution in [0.4, 0.5) is 0 Å². The Morgan fingerprint density at radius 2 is 1.89 bits per heavy atom. The molecule has 1 heterocycles. The number of para-hydroxylation sites is 1. The Morgan fingerprint density at radius 1 is 1.21 bits per heavy atom. The van der Waals surface area contributed by atoms with Gasteiger partial charge in [0.2, 0.25) is 0 Å². The molecule has 142 valence electrons. The Bertz CT molecular complexity index is 956. The van der Waals surface area contributed by atoms with Gasteiger partial charge in [0.05, 0.1) is 4.91 Å². The second kappa shape index (κ2) is 8.86. The molecule has 28 heavy (non-hydrogen) atoms. The normalized spacial score (nSPS) is 16.3. The van der Waals surface area contributed by atoms with Crippen LogP contribution in [0.2, 0.25) is 0 Å². The van der Waals surface area contributed by atoms with Gasteiger partial charge >= 0.3 is 5.97 Å². The quantitative estimate of drug-likeness (QED) is 0.417. The number of nitrogens with zero attached hydrogens (tertiary/aromatic N) is 1. The molecule has 0 aliphatic carbocycles. The third-order valence-electron chi connectivity index (χ3n) is 3.99. The summed E-state index contributed by atoms with van der Waals surface area (Å²) >= 11 is 6.41. The van der Waals surface area contributed by atoms with Crippen molar-refractivity contribution in [3.63, 3.8) is 0 Å². The van der Waals surface area contributed by atoms with Gasteiger partial charge in [-0.05, 0) is 17.7 Å². The van der Waals surface area contributed by atoms with Gasteiger partial charge in [0.15, 0.2) is 6.04 Å². The number of thioether (sulfide) groups is 1. The fraction of sp³-hybridized carbons (Fsp3) is 0.0952. The van der Waals surface area contributed by atoms with Crippen molar-refractivity contribution in [2.24, 2.45) is 0 Å². The molecular formula is C21H17NO4S2. The van der Waals surface area contributed by atoms with Crippen LogP contribution in [0.3, 0.4) is 0 Å². The first-order valence-electron chi connectivity index (χ1n) is 8.40. The highest BCUT2D eigenvalue weighted by Crippen LogP contribution is 2.39. The Morgan fingerprint density at radius 3 is 2.57 bits per heavy atom. The van der Waals surface area contributed by atoms with E-state index in [1.807, 2.05) is 18.2 Å². The van der Waals surface area contributed by atoms with E-state index >= 15 is 0 Å². The summed E-state index contributed by atoms with van der Waals surface area (Å²) in [6.07, 6.45) is 3.30. The first kappa shape index (κ1) is 19.9. The lowest BCUT2D eigenvalue weighted by Gasteiger charge is -2.23. The first-order chi connectivity index (χ1) is 13.5. The maximum absolute atomic E-state index is 13.0. The number of carbonyl (C=O) groups is 2. The second-order valence-electron chi connectivity index (χ2n) is 5.84. The summed E-state index contributed by atoms with van der Waals surface area (Å²) in [7, 11) is 0. The molecule has 0 bridgehead atoms. The molecule has 1 atom stereocenters. The zero-order chi connectivity index (χ0) is 20.1. The zero-order valence-corrected chi connectivity index (χ0v) is 16.4. The van der Waals surface area contributed by atoms with E-state index in [9.17, 15) is 14.7 Å². The monoisotopic (exact) mass is 411 g/mol. The van der Waals surface area contributed by atoms with Crippen LogP contribution >= 0.6 is 24.0 Å². The summed E-state index contributed by atoms with van der Waals surface area (Å²) in [5.41, 5.74) is 1.19. The zero-order valence-electron chi connectivity index (χ0n) is 14.8. The van der Waals surface area contributed by atoms with Crippen LogP contribution in [0, 0.1) is 0 Å². The minimum Gasteiger partial charge on any atom is -0.489 e. The number of carboxylic acid groups (broad SMARTS) is 1. The summed E-state index contributed by atoms with van der Waals surface area (Å²) in [5, 5.41) is 9.73. The maximum Gasteiger partial charge on any atom is 0.331 e. The topological polar surface area (TPSA) is 66.8 Å². The highest BCUT2D eigenvalue weighted by atomic mass is 32.2. The largest absolute Gasteiger partial charge is 0.489 e. The van der Waals surface area contributed by atoms with Gasteiger partial charge in [-0.25, -0.2) is 4.79 Å². The number of carbonyl (C=O) groups excluding carboxylic acids is 1. The van der Waals surface area contributed by atoms with E-state index in [0.29, 0.717) is 28.4 Å². The Kier molecular flexibility index (Phi) is 6.28. The van der Waals surface area contributed by atoms with Crippen molar-refractivity contribution in [1.82, 2.24) is 4.90 Å². The van der Waals surface area contributed by atoms with Crippen molar-refractivity contribution in [2.45, 2.75) is 6.04 Å². The lowest BCUT2D eigenvalue weighted by Crippen LogP contribution is -2.37. The van der Waals surface area contributed by atoms with Gasteiger partial charge in [0.1, 0.15) is 16.7 Å². The van der Waals surface area contributed by atoms with Crippen molar-refractivity contribution >= 4 is 46.3 Å². The van der Waals surface area contributed by atoms with Crippen LogP contribution in [0.15, 0.2) is 72.2 Å². The summed E-state index contributed by atoms with van der Waals surface area (Å²) in [6, 6.07) is 14.7. The molecule has 1 fully saturated rings. The maximum atomic E-state index is 13.0. The molecule has 3 rings (SSSR count). The Labute approximate surface area is 172 Å². The van der Waals surface area contributed by atoms with E-state index in [1.165, 1.54) is 0 Å². The Hall–Kier alpha value is -2.90. The Balaban J connectivity index is 1.95. The van der Waals surface area contributed by atoms with Crippen LogP contribution in [0.1, 0.15) is 17.2 Å². The molecule has 1 saturated heterocycles. The van der Waals surface area contributed by atoms with Gasteiger partial charge in [0.25, 0.3) is 5.91 Å². The number of hydrogen-bond donors (Lipinski definition) is 1. The van der Waals surface area contributed by atoms with E-state index in [-0.39, 0.29) is 4.32 Å². The van der Waals surface area contributed by atoms with E-state index in [2.05, 4.69) is 6.58 Å². The first-order valence-corrected chi connectivity index (χ1v) is 9.63. The van der Waals surface area contributed by atoms with E-state index < -0.39 is 17.9 Å². The molecule has 5 nitrogen and oxygen atoms in total. The second-order valence-corrected chi connectivity index (χ2v) is 7.52. The van der Waals surface area contributed by atoms with Gasteiger partial charge in [-0.2, -0.15) is 0 Å². The molecule has 1 aliphatic rings. The van der Waals surface area contributed by atoms with Crippen LogP contribution in [-0.2, 0) is 9.59 Å². The van der Waals surface area contributed by atoms with Crippen molar-refractivity contribution < 1.29 is 19.4 Å². The number of amides is 1. The van der Waals surface area contributed by atoms with Crippen molar-refractivity contribution in [3.05, 3.63) is 83.3 Å². The molecule has 1 aliphatic heterocycles. The van der Waals surface area contributed by atoms with Crippen molar-refractivity contribution in [2.75, 3.05) is 6.61 Å². The van der Waals surface area contributed by atoms with Crippen molar-refractivity contribution in [1.29, 1.82) is 0 Å². The number of ether oxygens (including phenoxy) is 1. The predicted octanol–water partition coefficient (Wildman–Crippen LogP) is 4.28. The molecule has 1 amide bonds. The molecule has 0 unspecified atom stereocenters. The SMILES string of the molecule is C=CCOc1ccccc1/C=C1\SC(=S)N([C@@H](C(=O)O)c2ccccc2)C1=O. The van der Waals surface area contributed by atoms with Gasteiger partial charge in [-0.3, -0.25) is 9.69 Å². The van der Waals surface area contributed by atoms with Gasteiger partial charge < -0.3 is 9.84 Å². The minimum absolute atomic E-state index is 0.206. The lowest BCUT2D eigenvalue weighted by atomic mass is 10.1. The van der Waals surface area contributed by atoms with Crippen molar-refractivity contribution in [3.8, 4) is 5.75 Å². The molecule has 0 spiro atoms. The third-order valence-corrected chi connectivity index (χ3v) is 5.32. The van der Waals surface area contributed by atoms with Crippen LogP contribution in [0.5, 0.6) is 5.75 Å². The fourth-order valence-electron chi connectivity index (χ4n) is 2.76. The van der Waals surface area contributed by atoms with Gasteiger partial charge in [-0.1, -0.05) is 85.2 Å². The number of rotatable bonds is 7. The average molecular weight is 412 g/mol. The average Bonchev–Trinajstić information content (AvgIpc) is 2.96. The molecule has 1 N–H and O–H groups in total. The molecule has 0 aromatic heterocycles. The number of thiocarbonyl (C=S) groups is 1. The summed E-state index contributed by atoms with van der Waals surface area (Å²) in [4.78, 5) is 26.4. The van der Waals surface area contributed by atoms with E-state index in [1.54, 1.807) is 48.6 Å². The van der Waals surface area contributed by atoms with Crippen LogP contribution in [0.25, 0.3) is 6.08 Å². The van der Waals surface area contributed by atoms with E-state index in [0.717, 1.165) is 16.7 Å². The van der Waals surface area contributed by atoms with Gasteiger partial charge in [0, 0.05) is 5.56 Å². The summed E-state index contributed by atoms with van der Waals surface area (Å²) < 4.78 is 5.82. The molecule has 2 aromatic carbocycles. The standard InChI is InChI=1S/C21H17NO4S2/c1-2-12-26-16-11-7-6-10-15(16)13-17-19(23)22(21(27)28-17)18(20(24)25)14-8-4-3-5-9-14/h2-11,13,18H,1,12H2,(H,24,25)/b17-13-/t18-/m1/s1.